The van der Waals surface area contributed by atoms with Gasteiger partial charge in [-0.25, -0.2) is 4.72 Å². The lowest BCUT2D eigenvalue weighted by atomic mass is 10.3. The second-order valence-corrected chi connectivity index (χ2v) is 8.17. The summed E-state index contributed by atoms with van der Waals surface area (Å²) in [6.07, 6.45) is 0.708. The Bertz CT molecular complexity index is 483. The summed E-state index contributed by atoms with van der Waals surface area (Å²) in [5, 5.41) is 0. The lowest BCUT2D eigenvalue weighted by molar-refractivity contribution is 0.0725. The fourth-order valence-corrected chi connectivity index (χ4v) is 4.32. The van der Waals surface area contributed by atoms with E-state index in [0.717, 1.165) is 8.66 Å². The average Bonchev–Trinajstić information content (AvgIpc) is 2.76. The van der Waals surface area contributed by atoms with Gasteiger partial charge in [-0.1, -0.05) is 0 Å². The molecule has 1 fully saturated rings. The first-order valence-electron chi connectivity index (χ1n) is 5.64. The number of nitrogens with one attached hydrogen (secondary N) is 1. The highest BCUT2D eigenvalue weighted by atomic mass is 79.9. The van der Waals surface area contributed by atoms with Crippen LogP contribution in [0.1, 0.15) is 4.88 Å². The third-order valence-electron chi connectivity index (χ3n) is 2.59. The third-order valence-corrected chi connectivity index (χ3v) is 5.89. The zero-order valence-electron chi connectivity index (χ0n) is 9.76. The summed E-state index contributed by atoms with van der Waals surface area (Å²) in [7, 11) is -3.35. The number of morpholine rings is 1. The molecule has 2 rings (SSSR count). The molecule has 0 aromatic carbocycles. The summed E-state index contributed by atoms with van der Waals surface area (Å²) in [6.45, 7) is 2.23. The Morgan fingerprint density at radius 1 is 1.39 bits per heavy atom. The van der Waals surface area contributed by atoms with Crippen LogP contribution in [0.3, 0.4) is 0 Å². The minimum atomic E-state index is -3.35. The van der Waals surface area contributed by atoms with E-state index >= 15 is 0 Å². The topological polar surface area (TPSA) is 58.6 Å². The zero-order valence-corrected chi connectivity index (χ0v) is 13.0. The Kier molecular flexibility index (Phi) is 5.16. The predicted molar refractivity (Wildman–Crippen MR) is 75.0 cm³/mol. The maximum absolute atomic E-state index is 11.9. The van der Waals surface area contributed by atoms with Gasteiger partial charge in [0.1, 0.15) is 0 Å². The molecule has 18 heavy (non-hydrogen) atoms. The van der Waals surface area contributed by atoms with Crippen LogP contribution in [-0.2, 0) is 21.4 Å². The van der Waals surface area contributed by atoms with Crippen molar-refractivity contribution in [3.63, 3.8) is 0 Å². The van der Waals surface area contributed by atoms with Crippen molar-refractivity contribution in [2.75, 3.05) is 32.8 Å². The van der Waals surface area contributed by atoms with Crippen LogP contribution in [0.15, 0.2) is 15.9 Å². The highest BCUT2D eigenvalue weighted by Gasteiger charge is 2.23. The Balaban J connectivity index is 1.81. The maximum atomic E-state index is 11.9. The van der Waals surface area contributed by atoms with Crippen molar-refractivity contribution in [2.45, 2.75) is 6.42 Å². The van der Waals surface area contributed by atoms with E-state index in [0.29, 0.717) is 39.3 Å². The number of hydrogen-bond acceptors (Lipinski definition) is 4. The second kappa shape index (κ2) is 6.44. The van der Waals surface area contributed by atoms with E-state index in [2.05, 4.69) is 20.7 Å². The number of rotatable bonds is 5. The van der Waals surface area contributed by atoms with Crippen molar-refractivity contribution < 1.29 is 13.2 Å². The van der Waals surface area contributed by atoms with Crippen LogP contribution >= 0.6 is 27.3 Å². The molecule has 1 aromatic rings. The summed E-state index contributed by atoms with van der Waals surface area (Å²) in [4.78, 5) is 1.16. The van der Waals surface area contributed by atoms with Crippen molar-refractivity contribution in [1.29, 1.82) is 0 Å². The Labute approximate surface area is 119 Å². The molecule has 0 radical (unpaired) electrons. The maximum Gasteiger partial charge on any atom is 0.279 e. The molecule has 0 aliphatic carbocycles. The molecule has 5 nitrogen and oxygen atoms in total. The zero-order chi connectivity index (χ0) is 13.0. The molecule has 1 N–H and O–H groups in total. The smallest absolute Gasteiger partial charge is 0.279 e. The number of halogens is 1. The first kappa shape index (κ1) is 14.4. The van der Waals surface area contributed by atoms with Gasteiger partial charge in [0.2, 0.25) is 0 Å². The number of ether oxygens (including phenoxy) is 1. The molecule has 0 unspecified atom stereocenters. The molecule has 8 heteroatoms. The van der Waals surface area contributed by atoms with E-state index in [-0.39, 0.29) is 0 Å². The lowest BCUT2D eigenvalue weighted by Gasteiger charge is -2.26. The highest BCUT2D eigenvalue weighted by Crippen LogP contribution is 2.22. The molecule has 0 saturated carbocycles. The van der Waals surface area contributed by atoms with Gasteiger partial charge in [-0.15, -0.1) is 11.3 Å². The highest BCUT2D eigenvalue weighted by molar-refractivity contribution is 9.11. The van der Waals surface area contributed by atoms with Gasteiger partial charge in [-0.2, -0.15) is 12.7 Å². The summed E-state index contributed by atoms with van der Waals surface area (Å²) in [6, 6.07) is 3.97. The van der Waals surface area contributed by atoms with Gasteiger partial charge < -0.3 is 4.74 Å². The molecule has 102 valence electrons. The molecule has 1 aliphatic rings. The van der Waals surface area contributed by atoms with Gasteiger partial charge in [-0.3, -0.25) is 0 Å². The second-order valence-electron chi connectivity index (χ2n) is 3.87. The van der Waals surface area contributed by atoms with E-state index in [1.54, 1.807) is 11.3 Å². The van der Waals surface area contributed by atoms with Crippen molar-refractivity contribution in [2.24, 2.45) is 0 Å². The molecule has 1 saturated heterocycles. The van der Waals surface area contributed by atoms with Gasteiger partial charge in [-0.05, 0) is 34.5 Å². The van der Waals surface area contributed by atoms with E-state index in [4.69, 9.17) is 4.74 Å². The lowest BCUT2D eigenvalue weighted by Crippen LogP contribution is -2.47. The van der Waals surface area contributed by atoms with E-state index in [1.807, 2.05) is 12.1 Å². The SMILES string of the molecule is O=S(=O)(NCCc1ccc(Br)s1)N1CCOCC1. The Hall–Kier alpha value is 0.01000. The van der Waals surface area contributed by atoms with E-state index in [9.17, 15) is 8.42 Å². The monoisotopic (exact) mass is 354 g/mol. The molecule has 0 amide bonds. The van der Waals surface area contributed by atoms with Crippen LogP contribution in [0.4, 0.5) is 0 Å². The summed E-state index contributed by atoms with van der Waals surface area (Å²) >= 11 is 5.01. The van der Waals surface area contributed by atoms with Crippen molar-refractivity contribution in [3.8, 4) is 0 Å². The first-order valence-corrected chi connectivity index (χ1v) is 8.69. The van der Waals surface area contributed by atoms with Gasteiger partial charge in [0.15, 0.2) is 0 Å². The van der Waals surface area contributed by atoms with Crippen molar-refractivity contribution in [1.82, 2.24) is 9.03 Å². The Morgan fingerprint density at radius 3 is 2.72 bits per heavy atom. The predicted octanol–water partition coefficient (Wildman–Crippen LogP) is 1.22. The summed E-state index contributed by atoms with van der Waals surface area (Å²) in [5.41, 5.74) is 0. The molecule has 0 bridgehead atoms. The minimum absolute atomic E-state index is 0.423. The van der Waals surface area contributed by atoms with E-state index < -0.39 is 10.2 Å². The fourth-order valence-electron chi connectivity index (χ4n) is 1.67. The molecular weight excluding hydrogens is 340 g/mol. The van der Waals surface area contributed by atoms with Gasteiger partial charge >= 0.3 is 0 Å². The number of thiophene rings is 1. The minimum Gasteiger partial charge on any atom is -0.379 e. The summed E-state index contributed by atoms with van der Waals surface area (Å²) < 4.78 is 34.1. The molecule has 0 spiro atoms. The average molecular weight is 355 g/mol. The Morgan fingerprint density at radius 2 is 2.11 bits per heavy atom. The molecule has 1 aromatic heterocycles. The van der Waals surface area contributed by atoms with Crippen molar-refractivity contribution in [3.05, 3.63) is 20.8 Å². The van der Waals surface area contributed by atoms with Crippen LogP contribution in [0, 0.1) is 0 Å². The van der Waals surface area contributed by atoms with Crippen LogP contribution in [0.25, 0.3) is 0 Å². The fraction of sp³-hybridized carbons (Fsp3) is 0.600. The normalized spacial score (nSPS) is 18.1. The van der Waals surface area contributed by atoms with Crippen LogP contribution < -0.4 is 4.72 Å². The van der Waals surface area contributed by atoms with Crippen LogP contribution in [0.5, 0.6) is 0 Å². The van der Waals surface area contributed by atoms with Crippen molar-refractivity contribution >= 4 is 37.5 Å². The number of nitrogens with zero attached hydrogens (tertiary/aromatic N) is 1. The molecule has 2 heterocycles. The standard InChI is InChI=1S/C10H15BrN2O3S2/c11-10-2-1-9(17-10)3-4-12-18(14,15)13-5-7-16-8-6-13/h1-2,12H,3-8H2. The van der Waals surface area contributed by atoms with Gasteiger partial charge in [0.25, 0.3) is 10.2 Å². The largest absolute Gasteiger partial charge is 0.379 e. The quantitative estimate of drug-likeness (QED) is 0.864. The molecular formula is C10H15BrN2O3S2. The van der Waals surface area contributed by atoms with Crippen LogP contribution in [0.2, 0.25) is 0 Å². The summed E-state index contributed by atoms with van der Waals surface area (Å²) in [5.74, 6) is 0. The van der Waals surface area contributed by atoms with E-state index in [1.165, 1.54) is 4.31 Å². The third kappa shape index (κ3) is 4.01. The number of hydrogen-bond donors (Lipinski definition) is 1. The molecule has 1 aliphatic heterocycles. The van der Waals surface area contributed by atoms with Gasteiger partial charge in [0.05, 0.1) is 17.0 Å². The first-order chi connectivity index (χ1) is 8.58. The van der Waals surface area contributed by atoms with Gasteiger partial charge in [0, 0.05) is 24.5 Å². The van der Waals surface area contributed by atoms with Crippen LogP contribution in [-0.4, -0.2) is 45.6 Å². The molecule has 0 atom stereocenters.